The molecule has 2 aromatic carbocycles. The molecule has 2 aromatic rings. The molecule has 104 valence electrons. The van der Waals surface area contributed by atoms with Gasteiger partial charge in [-0.15, -0.1) is 0 Å². The molecule has 0 aliphatic carbocycles. The Labute approximate surface area is 115 Å². The molecule has 0 fully saturated rings. The zero-order chi connectivity index (χ0) is 14.8. The summed E-state index contributed by atoms with van der Waals surface area (Å²) in [5, 5.41) is 0. The highest BCUT2D eigenvalue weighted by Crippen LogP contribution is 2.30. The van der Waals surface area contributed by atoms with E-state index < -0.39 is 11.7 Å². The summed E-state index contributed by atoms with van der Waals surface area (Å²) >= 11 is 0. The zero-order valence-corrected chi connectivity index (χ0v) is 10.8. The van der Waals surface area contributed by atoms with Gasteiger partial charge >= 0.3 is 6.18 Å². The fraction of sp³-hybridized carbons (Fsp3) is 0.188. The molecule has 0 saturated heterocycles. The molecule has 0 aromatic heterocycles. The molecule has 0 saturated carbocycles. The average Bonchev–Trinajstić information content (AvgIpc) is 2.46. The normalized spacial score (nSPS) is 13.0. The summed E-state index contributed by atoms with van der Waals surface area (Å²) in [5.41, 5.74) is 0.383. The molecule has 0 radical (unpaired) electrons. The highest BCUT2D eigenvalue weighted by atomic mass is 19.4. The quantitative estimate of drug-likeness (QED) is 0.744. The second-order valence-corrected chi connectivity index (χ2v) is 4.57. The Morgan fingerprint density at radius 3 is 2.00 bits per heavy atom. The van der Waals surface area contributed by atoms with Crippen LogP contribution in [-0.2, 0) is 6.18 Å². The third-order valence-corrected chi connectivity index (χ3v) is 3.19. The highest BCUT2D eigenvalue weighted by molar-refractivity contribution is 6.00. The summed E-state index contributed by atoms with van der Waals surface area (Å²) < 4.78 is 37.4. The Bertz CT molecular complexity index is 585. The van der Waals surface area contributed by atoms with E-state index in [0.717, 1.165) is 17.7 Å². The number of Topliss-reactive ketones (excluding diaryl/α,β-unsaturated/α-hetero) is 1. The fourth-order valence-electron chi connectivity index (χ4n) is 1.97. The maximum absolute atomic E-state index is 12.5. The van der Waals surface area contributed by atoms with Crippen molar-refractivity contribution in [2.24, 2.45) is 0 Å². The molecule has 2 rings (SSSR count). The van der Waals surface area contributed by atoms with Crippen LogP contribution in [0.4, 0.5) is 13.2 Å². The van der Waals surface area contributed by atoms with Crippen molar-refractivity contribution in [2.45, 2.75) is 19.0 Å². The molecule has 0 spiro atoms. The number of carbonyl (C=O) groups is 1. The van der Waals surface area contributed by atoms with Gasteiger partial charge < -0.3 is 0 Å². The van der Waals surface area contributed by atoms with E-state index in [2.05, 4.69) is 0 Å². The third-order valence-electron chi connectivity index (χ3n) is 3.19. The molecule has 0 N–H and O–H groups in total. The number of carbonyl (C=O) groups excluding carboxylic acids is 1. The van der Waals surface area contributed by atoms with Gasteiger partial charge in [0.25, 0.3) is 0 Å². The molecule has 0 bridgehead atoms. The molecule has 0 amide bonds. The lowest BCUT2D eigenvalue weighted by molar-refractivity contribution is -0.137. The minimum absolute atomic E-state index is 0.190. The van der Waals surface area contributed by atoms with Gasteiger partial charge in [-0.05, 0) is 17.7 Å². The molecule has 0 heterocycles. The van der Waals surface area contributed by atoms with Gasteiger partial charge in [-0.25, -0.2) is 0 Å². The van der Waals surface area contributed by atoms with Gasteiger partial charge in [0.05, 0.1) is 5.56 Å². The Morgan fingerprint density at radius 1 is 0.950 bits per heavy atom. The van der Waals surface area contributed by atoms with Crippen molar-refractivity contribution in [1.29, 1.82) is 0 Å². The van der Waals surface area contributed by atoms with Crippen molar-refractivity contribution >= 4 is 5.78 Å². The van der Waals surface area contributed by atoms with Gasteiger partial charge in [0.15, 0.2) is 5.78 Å². The monoisotopic (exact) mass is 278 g/mol. The predicted octanol–water partition coefficient (Wildman–Crippen LogP) is 4.69. The first-order chi connectivity index (χ1) is 9.39. The standard InChI is InChI=1S/C16H13F3O/c1-11(12-5-3-2-4-6-12)15(20)13-7-9-14(10-8-13)16(17,18)19/h2-11H,1H3/t11-/m1/s1. The van der Waals surface area contributed by atoms with Gasteiger partial charge in [-0.1, -0.05) is 49.4 Å². The van der Waals surface area contributed by atoms with Crippen molar-refractivity contribution < 1.29 is 18.0 Å². The number of alkyl halides is 3. The van der Waals surface area contributed by atoms with E-state index in [4.69, 9.17) is 0 Å². The van der Waals surface area contributed by atoms with Crippen LogP contribution in [0.5, 0.6) is 0 Å². The molecule has 4 heteroatoms. The van der Waals surface area contributed by atoms with E-state index in [1.807, 2.05) is 30.3 Å². The first-order valence-electron chi connectivity index (χ1n) is 6.16. The highest BCUT2D eigenvalue weighted by Gasteiger charge is 2.30. The largest absolute Gasteiger partial charge is 0.416 e. The summed E-state index contributed by atoms with van der Waals surface area (Å²) in [5.74, 6) is -0.571. The topological polar surface area (TPSA) is 17.1 Å². The van der Waals surface area contributed by atoms with E-state index in [-0.39, 0.29) is 17.3 Å². The van der Waals surface area contributed by atoms with Crippen molar-refractivity contribution in [3.63, 3.8) is 0 Å². The smallest absolute Gasteiger partial charge is 0.294 e. The SMILES string of the molecule is C[C@@H](C(=O)c1ccc(C(F)(F)F)cc1)c1ccccc1. The summed E-state index contributed by atoms with van der Waals surface area (Å²) in [6.07, 6.45) is -4.38. The number of halogens is 3. The first-order valence-corrected chi connectivity index (χ1v) is 6.16. The second kappa shape index (κ2) is 5.49. The van der Waals surface area contributed by atoms with E-state index in [1.54, 1.807) is 6.92 Å². The number of benzene rings is 2. The van der Waals surface area contributed by atoms with Crippen molar-refractivity contribution in [1.82, 2.24) is 0 Å². The number of hydrogen-bond acceptors (Lipinski definition) is 1. The summed E-state index contributed by atoms with van der Waals surface area (Å²) in [7, 11) is 0. The molecule has 0 aliphatic rings. The molecule has 0 aliphatic heterocycles. The van der Waals surface area contributed by atoms with Crippen LogP contribution in [0.2, 0.25) is 0 Å². The van der Waals surface area contributed by atoms with Crippen molar-refractivity contribution in [3.05, 3.63) is 71.3 Å². The average molecular weight is 278 g/mol. The Balaban J connectivity index is 2.22. The van der Waals surface area contributed by atoms with E-state index in [9.17, 15) is 18.0 Å². The van der Waals surface area contributed by atoms with Gasteiger partial charge in [0.2, 0.25) is 0 Å². The molecule has 1 atom stereocenters. The van der Waals surface area contributed by atoms with Gasteiger partial charge in [0.1, 0.15) is 0 Å². The second-order valence-electron chi connectivity index (χ2n) is 4.57. The van der Waals surface area contributed by atoms with Crippen molar-refractivity contribution in [2.75, 3.05) is 0 Å². The van der Waals surface area contributed by atoms with Crippen LogP contribution in [0.25, 0.3) is 0 Å². The predicted molar refractivity (Wildman–Crippen MR) is 70.6 cm³/mol. The maximum Gasteiger partial charge on any atom is 0.416 e. The fourth-order valence-corrected chi connectivity index (χ4v) is 1.97. The van der Waals surface area contributed by atoms with Gasteiger partial charge in [-0.3, -0.25) is 4.79 Å². The summed E-state index contributed by atoms with van der Waals surface area (Å²) in [6.45, 7) is 1.75. The summed E-state index contributed by atoms with van der Waals surface area (Å²) in [6, 6.07) is 13.5. The van der Waals surface area contributed by atoms with Crippen molar-refractivity contribution in [3.8, 4) is 0 Å². The van der Waals surface area contributed by atoms with Crippen LogP contribution in [0.3, 0.4) is 0 Å². The maximum atomic E-state index is 12.5. The van der Waals surface area contributed by atoms with Crippen LogP contribution < -0.4 is 0 Å². The van der Waals surface area contributed by atoms with E-state index in [0.29, 0.717) is 0 Å². The van der Waals surface area contributed by atoms with Gasteiger partial charge in [-0.2, -0.15) is 13.2 Å². The van der Waals surface area contributed by atoms with Crippen LogP contribution >= 0.6 is 0 Å². The molecular weight excluding hydrogens is 265 g/mol. The Kier molecular flexibility index (Phi) is 3.93. The summed E-state index contributed by atoms with van der Waals surface area (Å²) in [4.78, 5) is 12.2. The number of hydrogen-bond donors (Lipinski definition) is 0. The van der Waals surface area contributed by atoms with Gasteiger partial charge in [0, 0.05) is 11.5 Å². The van der Waals surface area contributed by atoms with Crippen LogP contribution in [0.15, 0.2) is 54.6 Å². The lowest BCUT2D eigenvalue weighted by Gasteiger charge is -2.12. The van der Waals surface area contributed by atoms with E-state index >= 15 is 0 Å². The molecule has 0 unspecified atom stereocenters. The Hall–Kier alpha value is -2.10. The molecular formula is C16H13F3O. The molecule has 1 nitrogen and oxygen atoms in total. The van der Waals surface area contributed by atoms with Crippen LogP contribution in [-0.4, -0.2) is 5.78 Å². The Morgan fingerprint density at radius 2 is 1.50 bits per heavy atom. The van der Waals surface area contributed by atoms with Crippen LogP contribution in [0, 0.1) is 0 Å². The lowest BCUT2D eigenvalue weighted by Crippen LogP contribution is -2.11. The number of rotatable bonds is 3. The first kappa shape index (κ1) is 14.3. The van der Waals surface area contributed by atoms with Crippen LogP contribution in [0.1, 0.15) is 34.3 Å². The number of ketones is 1. The van der Waals surface area contributed by atoms with E-state index in [1.165, 1.54) is 12.1 Å². The lowest BCUT2D eigenvalue weighted by atomic mass is 9.92. The minimum atomic E-state index is -4.38. The minimum Gasteiger partial charge on any atom is -0.294 e. The molecule has 20 heavy (non-hydrogen) atoms. The third kappa shape index (κ3) is 3.07. The zero-order valence-electron chi connectivity index (χ0n) is 10.8.